The highest BCUT2D eigenvalue weighted by molar-refractivity contribution is 5.64. The van der Waals surface area contributed by atoms with Crippen molar-refractivity contribution in [1.29, 1.82) is 0 Å². The van der Waals surface area contributed by atoms with Crippen LogP contribution in [0.1, 0.15) is 18.9 Å². The van der Waals surface area contributed by atoms with Crippen LogP contribution in [-0.4, -0.2) is 4.98 Å². The molecular formula is C14H17N3. The molecule has 1 aromatic carbocycles. The summed E-state index contributed by atoms with van der Waals surface area (Å²) < 4.78 is 0. The van der Waals surface area contributed by atoms with Gasteiger partial charge in [-0.3, -0.25) is 0 Å². The largest absolute Gasteiger partial charge is 0.384 e. The highest BCUT2D eigenvalue weighted by atomic mass is 14.9. The van der Waals surface area contributed by atoms with Crippen molar-refractivity contribution in [1.82, 2.24) is 4.98 Å². The van der Waals surface area contributed by atoms with Gasteiger partial charge in [0.25, 0.3) is 0 Å². The molecule has 3 N–H and O–H groups in total. The Morgan fingerprint density at radius 3 is 2.82 bits per heavy atom. The molecule has 0 aliphatic carbocycles. The topological polar surface area (TPSA) is 50.9 Å². The van der Waals surface area contributed by atoms with E-state index >= 15 is 0 Å². The van der Waals surface area contributed by atoms with Crippen molar-refractivity contribution in [2.45, 2.75) is 19.8 Å². The minimum absolute atomic E-state index is 0.531. The van der Waals surface area contributed by atoms with Crippen LogP contribution in [-0.2, 0) is 6.42 Å². The summed E-state index contributed by atoms with van der Waals surface area (Å²) in [6.45, 7) is 2.18. The van der Waals surface area contributed by atoms with Gasteiger partial charge in [-0.2, -0.15) is 0 Å². The summed E-state index contributed by atoms with van der Waals surface area (Å²) in [7, 11) is 0. The van der Waals surface area contributed by atoms with Crippen molar-refractivity contribution < 1.29 is 0 Å². The smallest absolute Gasteiger partial charge is 0.125 e. The third-order valence-corrected chi connectivity index (χ3v) is 2.60. The van der Waals surface area contributed by atoms with Gasteiger partial charge in [-0.1, -0.05) is 31.5 Å². The number of aromatic nitrogens is 1. The van der Waals surface area contributed by atoms with Crippen LogP contribution in [0.3, 0.4) is 0 Å². The predicted molar refractivity (Wildman–Crippen MR) is 72.4 cm³/mol. The van der Waals surface area contributed by atoms with Gasteiger partial charge >= 0.3 is 0 Å². The van der Waals surface area contributed by atoms with Gasteiger partial charge in [0.15, 0.2) is 0 Å². The van der Waals surface area contributed by atoms with E-state index < -0.39 is 0 Å². The van der Waals surface area contributed by atoms with Crippen molar-refractivity contribution in [2.24, 2.45) is 0 Å². The second kappa shape index (κ2) is 5.34. The molecule has 3 nitrogen and oxygen atoms in total. The number of nitrogen functional groups attached to an aromatic ring is 1. The molecule has 0 aliphatic heterocycles. The molecular weight excluding hydrogens is 210 g/mol. The average Bonchev–Trinajstić information content (AvgIpc) is 2.32. The lowest BCUT2D eigenvalue weighted by molar-refractivity contribution is 0.923. The van der Waals surface area contributed by atoms with Gasteiger partial charge in [-0.15, -0.1) is 0 Å². The molecule has 0 saturated carbocycles. The van der Waals surface area contributed by atoms with Gasteiger partial charge in [0.2, 0.25) is 0 Å². The minimum Gasteiger partial charge on any atom is -0.384 e. The summed E-state index contributed by atoms with van der Waals surface area (Å²) in [4.78, 5) is 3.98. The van der Waals surface area contributed by atoms with Gasteiger partial charge in [-0.25, -0.2) is 4.98 Å². The van der Waals surface area contributed by atoms with Crippen LogP contribution in [0, 0.1) is 0 Å². The maximum Gasteiger partial charge on any atom is 0.125 e. The number of hydrogen-bond donors (Lipinski definition) is 2. The summed E-state index contributed by atoms with van der Waals surface area (Å²) in [6.07, 6.45) is 3.92. The molecule has 0 spiro atoms. The number of nitrogens with one attached hydrogen (secondary N) is 1. The monoisotopic (exact) mass is 227 g/mol. The van der Waals surface area contributed by atoms with E-state index in [-0.39, 0.29) is 0 Å². The van der Waals surface area contributed by atoms with Crippen LogP contribution in [0.25, 0.3) is 0 Å². The molecule has 1 aromatic heterocycles. The first kappa shape index (κ1) is 11.5. The first-order valence-electron chi connectivity index (χ1n) is 5.86. The number of nitrogens with two attached hydrogens (primary N) is 1. The Labute approximate surface area is 102 Å². The van der Waals surface area contributed by atoms with Crippen LogP contribution in [0.4, 0.5) is 17.2 Å². The van der Waals surface area contributed by atoms with E-state index in [1.54, 1.807) is 6.20 Å². The summed E-state index contributed by atoms with van der Waals surface area (Å²) in [5.74, 6) is 0.531. The minimum atomic E-state index is 0.531. The lowest BCUT2D eigenvalue weighted by Crippen LogP contribution is -1.97. The highest BCUT2D eigenvalue weighted by Gasteiger charge is 2.01. The summed E-state index contributed by atoms with van der Waals surface area (Å²) in [6, 6.07) is 12.1. The molecule has 0 atom stereocenters. The van der Waals surface area contributed by atoms with E-state index in [0.717, 1.165) is 24.2 Å². The zero-order chi connectivity index (χ0) is 12.1. The van der Waals surface area contributed by atoms with Crippen molar-refractivity contribution >= 4 is 17.2 Å². The average molecular weight is 227 g/mol. The van der Waals surface area contributed by atoms with E-state index in [9.17, 15) is 0 Å². The van der Waals surface area contributed by atoms with Gasteiger partial charge in [0.05, 0.1) is 0 Å². The molecule has 2 aromatic rings. The fraction of sp³-hybridized carbons (Fsp3) is 0.214. The fourth-order valence-corrected chi connectivity index (χ4v) is 1.81. The number of pyridine rings is 1. The van der Waals surface area contributed by atoms with Crippen LogP contribution in [0.2, 0.25) is 0 Å². The van der Waals surface area contributed by atoms with E-state index in [0.29, 0.717) is 5.82 Å². The van der Waals surface area contributed by atoms with Crippen molar-refractivity contribution in [2.75, 3.05) is 11.1 Å². The summed E-state index contributed by atoms with van der Waals surface area (Å²) in [5, 5.41) is 3.38. The molecule has 2 rings (SSSR count). The predicted octanol–water partition coefficient (Wildman–Crippen LogP) is 3.36. The Balaban J connectivity index is 2.23. The third kappa shape index (κ3) is 2.97. The Bertz CT molecular complexity index is 494. The number of nitrogens with zero attached hydrogens (tertiary/aromatic N) is 1. The Kier molecular flexibility index (Phi) is 3.60. The van der Waals surface area contributed by atoms with Gasteiger partial charge in [-0.05, 0) is 24.1 Å². The molecule has 88 valence electrons. The standard InChI is InChI=1S/C14H17N3/c1-2-5-11-6-3-4-7-13(11)17-12-8-9-16-14(15)10-12/h3-4,6-10H,2,5H2,1H3,(H3,15,16,17). The molecule has 17 heavy (non-hydrogen) atoms. The van der Waals surface area contributed by atoms with Gasteiger partial charge < -0.3 is 11.1 Å². The number of aryl methyl sites for hydroxylation is 1. The van der Waals surface area contributed by atoms with Crippen LogP contribution in [0.5, 0.6) is 0 Å². The van der Waals surface area contributed by atoms with Crippen molar-refractivity contribution in [3.05, 3.63) is 48.2 Å². The zero-order valence-corrected chi connectivity index (χ0v) is 9.98. The highest BCUT2D eigenvalue weighted by Crippen LogP contribution is 2.22. The van der Waals surface area contributed by atoms with Crippen LogP contribution < -0.4 is 11.1 Å². The molecule has 0 amide bonds. The first-order valence-corrected chi connectivity index (χ1v) is 5.86. The van der Waals surface area contributed by atoms with Crippen molar-refractivity contribution in [3.63, 3.8) is 0 Å². The normalized spacial score (nSPS) is 10.2. The maximum atomic E-state index is 5.66. The molecule has 0 aliphatic rings. The quantitative estimate of drug-likeness (QED) is 0.842. The molecule has 3 heteroatoms. The zero-order valence-electron chi connectivity index (χ0n) is 9.98. The Morgan fingerprint density at radius 1 is 1.24 bits per heavy atom. The SMILES string of the molecule is CCCc1ccccc1Nc1ccnc(N)c1. The summed E-state index contributed by atoms with van der Waals surface area (Å²) in [5.41, 5.74) is 9.09. The number of benzene rings is 1. The first-order chi connectivity index (χ1) is 8.29. The lowest BCUT2D eigenvalue weighted by Gasteiger charge is -2.11. The van der Waals surface area contributed by atoms with Gasteiger partial charge in [0.1, 0.15) is 5.82 Å². The van der Waals surface area contributed by atoms with Crippen LogP contribution in [0.15, 0.2) is 42.6 Å². The number of hydrogen-bond acceptors (Lipinski definition) is 3. The number of rotatable bonds is 4. The number of anilines is 3. The third-order valence-electron chi connectivity index (χ3n) is 2.60. The maximum absolute atomic E-state index is 5.66. The van der Waals surface area contributed by atoms with E-state index in [1.807, 2.05) is 18.2 Å². The van der Waals surface area contributed by atoms with Crippen molar-refractivity contribution in [3.8, 4) is 0 Å². The Morgan fingerprint density at radius 2 is 2.06 bits per heavy atom. The molecule has 0 unspecified atom stereocenters. The molecule has 0 bridgehead atoms. The Hall–Kier alpha value is -2.03. The number of para-hydroxylation sites is 1. The second-order valence-electron chi connectivity index (χ2n) is 4.00. The molecule has 0 saturated heterocycles. The van der Waals surface area contributed by atoms with E-state index in [1.165, 1.54) is 5.56 Å². The van der Waals surface area contributed by atoms with Gasteiger partial charge in [0, 0.05) is 23.6 Å². The van der Waals surface area contributed by atoms with E-state index in [2.05, 4.69) is 35.4 Å². The van der Waals surface area contributed by atoms with Crippen LogP contribution >= 0.6 is 0 Å². The fourth-order valence-electron chi connectivity index (χ4n) is 1.81. The lowest BCUT2D eigenvalue weighted by atomic mass is 10.1. The second-order valence-corrected chi connectivity index (χ2v) is 4.00. The molecule has 0 radical (unpaired) electrons. The van der Waals surface area contributed by atoms with E-state index in [4.69, 9.17) is 5.73 Å². The molecule has 1 heterocycles. The summed E-state index contributed by atoms with van der Waals surface area (Å²) >= 11 is 0. The molecule has 0 fully saturated rings.